The maximum absolute atomic E-state index is 11.9. The Kier molecular flexibility index (Phi) is 5.13. The number of hydrogen-bond donors (Lipinski definition) is 1. The van der Waals surface area contributed by atoms with Gasteiger partial charge in [-0.3, -0.25) is 5.73 Å². The molecule has 1 saturated heterocycles. The smallest absolute Gasteiger partial charge is 0.310 e. The topological polar surface area (TPSA) is 72.4 Å². The normalized spacial score (nSPS) is 23.8. The zero-order valence-electron chi connectivity index (χ0n) is 13.2. The minimum atomic E-state index is -2.97. The van der Waals surface area contributed by atoms with Gasteiger partial charge in [0.2, 0.25) is 0 Å². The second-order valence-corrected chi connectivity index (χ2v) is 9.33. The molecule has 0 spiro atoms. The number of amidine groups is 1. The first-order valence-corrected chi connectivity index (χ1v) is 10.3. The summed E-state index contributed by atoms with van der Waals surface area (Å²) in [4.78, 5) is 0. The highest BCUT2D eigenvalue weighted by atomic mass is 79.9. The van der Waals surface area contributed by atoms with E-state index in [1.54, 1.807) is 0 Å². The number of halogens is 1. The van der Waals surface area contributed by atoms with Gasteiger partial charge in [0.05, 0.1) is 16.8 Å². The van der Waals surface area contributed by atoms with E-state index in [0.717, 1.165) is 17.2 Å². The van der Waals surface area contributed by atoms with Crippen molar-refractivity contribution >= 4 is 32.5 Å². The molecule has 2 aromatic carbocycles. The van der Waals surface area contributed by atoms with Gasteiger partial charge < -0.3 is 21.7 Å². The van der Waals surface area contributed by atoms with Crippen molar-refractivity contribution in [1.29, 1.82) is 0 Å². The van der Waals surface area contributed by atoms with E-state index in [4.69, 9.17) is 10.5 Å². The zero-order valence-corrected chi connectivity index (χ0v) is 16.4. The number of fused-ring (bicyclic) bond motifs is 1. The van der Waals surface area contributed by atoms with E-state index in [1.807, 2.05) is 59.2 Å². The van der Waals surface area contributed by atoms with Crippen LogP contribution in [0, 0.1) is 0 Å². The summed E-state index contributed by atoms with van der Waals surface area (Å²) < 4.78 is 31.5. The highest BCUT2D eigenvalue weighted by molar-refractivity contribution is 8.15. The van der Waals surface area contributed by atoms with Crippen LogP contribution in [0.15, 0.2) is 54.6 Å². The number of ether oxygens (including phenoxy) is 1. The van der Waals surface area contributed by atoms with Crippen LogP contribution in [-0.4, -0.2) is 41.0 Å². The maximum Gasteiger partial charge on any atom is 0.310 e. The monoisotopic (exact) mass is 440 g/mol. The highest BCUT2D eigenvalue weighted by Crippen LogP contribution is 2.37. The van der Waals surface area contributed by atoms with Crippen molar-refractivity contribution < 1.29 is 34.7 Å². The molecule has 2 aliphatic rings. The van der Waals surface area contributed by atoms with Crippen LogP contribution in [0.1, 0.15) is 0 Å². The summed E-state index contributed by atoms with van der Waals surface area (Å²) in [6, 6.07) is 17.1. The first-order chi connectivity index (χ1) is 11.5. The Hall–Kier alpha value is -1.51. The average Bonchev–Trinajstić information content (AvgIpc) is 2.99. The van der Waals surface area contributed by atoms with Gasteiger partial charge in [-0.1, -0.05) is 18.2 Å². The van der Waals surface area contributed by atoms with Crippen molar-refractivity contribution in [1.82, 2.24) is 0 Å². The fourth-order valence-corrected chi connectivity index (χ4v) is 6.96. The summed E-state index contributed by atoms with van der Waals surface area (Å²) in [6.07, 6.45) is 0. The molecule has 2 aliphatic heterocycles. The molecule has 8 heteroatoms. The molecule has 4 rings (SSSR count). The summed E-state index contributed by atoms with van der Waals surface area (Å²) in [6.45, 7) is 0. The van der Waals surface area contributed by atoms with Crippen molar-refractivity contribution in [2.75, 3.05) is 11.5 Å². The Morgan fingerprint density at radius 2 is 1.64 bits per heavy atom. The van der Waals surface area contributed by atoms with Gasteiger partial charge in [0.1, 0.15) is 23.2 Å². The van der Waals surface area contributed by atoms with Crippen LogP contribution in [0.5, 0.6) is 11.5 Å². The average molecular weight is 441 g/mol. The Morgan fingerprint density at radius 3 is 2.32 bits per heavy atom. The lowest BCUT2D eigenvalue weighted by Crippen LogP contribution is -3.00. The molecule has 0 aliphatic carbocycles. The minimum Gasteiger partial charge on any atom is -1.00 e. The van der Waals surface area contributed by atoms with E-state index in [9.17, 15) is 8.42 Å². The van der Waals surface area contributed by atoms with E-state index in [1.165, 1.54) is 11.8 Å². The standard InChI is InChI=1S/C17H16N2O3S2.BrH/c18-17-19(15-10-24(20,21)11-16(15)23-17)12-6-8-14(9-7-12)22-13-4-2-1-3-5-13;/h1-9,15-16,18H,10-11H2;1H. The SMILES string of the molecule is NC1=[N+](c2ccc(Oc3ccccc3)cc2)C2CS(=O)(=O)CC2S1.[Br-]. The molecule has 132 valence electrons. The lowest BCUT2D eigenvalue weighted by Gasteiger charge is -2.11. The molecule has 2 N–H and O–H groups in total. The Labute approximate surface area is 161 Å². The van der Waals surface area contributed by atoms with Gasteiger partial charge >= 0.3 is 5.17 Å². The number of sulfone groups is 1. The molecule has 0 radical (unpaired) electrons. The molecule has 0 saturated carbocycles. The molecular weight excluding hydrogens is 424 g/mol. The van der Waals surface area contributed by atoms with E-state index >= 15 is 0 Å². The molecule has 2 unspecified atom stereocenters. The summed E-state index contributed by atoms with van der Waals surface area (Å²) in [7, 11) is -2.97. The number of benzene rings is 2. The molecule has 5 nitrogen and oxygen atoms in total. The molecule has 2 atom stereocenters. The maximum atomic E-state index is 11.9. The zero-order chi connectivity index (χ0) is 16.7. The molecule has 0 bridgehead atoms. The third-order valence-corrected chi connectivity index (χ3v) is 7.36. The van der Waals surface area contributed by atoms with Crippen LogP contribution in [0.3, 0.4) is 0 Å². The summed E-state index contributed by atoms with van der Waals surface area (Å²) in [5, 5.41) is 0.687. The van der Waals surface area contributed by atoms with Gasteiger partial charge in [0, 0.05) is 0 Å². The van der Waals surface area contributed by atoms with Crippen molar-refractivity contribution in [3.8, 4) is 11.5 Å². The van der Waals surface area contributed by atoms with Crippen LogP contribution >= 0.6 is 11.8 Å². The third kappa shape index (κ3) is 3.70. The first-order valence-electron chi connectivity index (χ1n) is 7.63. The lowest BCUT2D eigenvalue weighted by atomic mass is 10.2. The van der Waals surface area contributed by atoms with Crippen LogP contribution in [0.2, 0.25) is 0 Å². The van der Waals surface area contributed by atoms with Gasteiger partial charge in [-0.2, -0.15) is 0 Å². The van der Waals surface area contributed by atoms with Crippen molar-refractivity contribution in [2.24, 2.45) is 5.73 Å². The summed E-state index contributed by atoms with van der Waals surface area (Å²) >= 11 is 1.46. The van der Waals surface area contributed by atoms with Crippen molar-refractivity contribution in [3.05, 3.63) is 54.6 Å². The van der Waals surface area contributed by atoms with Crippen LogP contribution < -0.4 is 27.5 Å². The number of thioether (sulfide) groups is 1. The molecule has 25 heavy (non-hydrogen) atoms. The number of para-hydroxylation sites is 1. The van der Waals surface area contributed by atoms with E-state index in [2.05, 4.69) is 0 Å². The van der Waals surface area contributed by atoms with E-state index < -0.39 is 9.84 Å². The molecule has 1 fully saturated rings. The quantitative estimate of drug-likeness (QED) is 0.642. The van der Waals surface area contributed by atoms with Gasteiger partial charge in [0.15, 0.2) is 9.84 Å². The van der Waals surface area contributed by atoms with Crippen molar-refractivity contribution in [3.63, 3.8) is 0 Å². The fourth-order valence-electron chi connectivity index (χ4n) is 3.14. The van der Waals surface area contributed by atoms with Crippen molar-refractivity contribution in [2.45, 2.75) is 11.3 Å². The highest BCUT2D eigenvalue weighted by Gasteiger charge is 2.49. The van der Waals surface area contributed by atoms with Crippen LogP contribution in [0.4, 0.5) is 5.69 Å². The van der Waals surface area contributed by atoms with Crippen LogP contribution in [-0.2, 0) is 9.84 Å². The van der Waals surface area contributed by atoms with E-state index in [0.29, 0.717) is 5.17 Å². The number of hydrogen-bond acceptors (Lipinski definition) is 5. The van der Waals surface area contributed by atoms with Crippen LogP contribution in [0.25, 0.3) is 0 Å². The number of rotatable bonds is 3. The number of nitrogens with zero attached hydrogens (tertiary/aromatic N) is 1. The molecule has 2 aromatic rings. The summed E-state index contributed by atoms with van der Waals surface area (Å²) in [5.74, 6) is 1.86. The Morgan fingerprint density at radius 1 is 1.00 bits per heavy atom. The summed E-state index contributed by atoms with van der Waals surface area (Å²) in [5.41, 5.74) is 7.02. The minimum absolute atomic E-state index is 0. The second kappa shape index (κ2) is 7.01. The first kappa shape index (κ1) is 18.3. The number of nitrogens with two attached hydrogens (primary N) is 1. The molecular formula is C17H17BrN2O3S2. The van der Waals surface area contributed by atoms with Gasteiger partial charge in [-0.15, -0.1) is 0 Å². The molecule has 0 amide bonds. The van der Waals surface area contributed by atoms with Gasteiger partial charge in [-0.05, 0) is 48.2 Å². The third-order valence-electron chi connectivity index (χ3n) is 4.21. The van der Waals surface area contributed by atoms with E-state index in [-0.39, 0.29) is 39.8 Å². The second-order valence-electron chi connectivity index (χ2n) is 5.92. The predicted octanol–water partition coefficient (Wildman–Crippen LogP) is -0.646. The fraction of sp³-hybridized carbons (Fsp3) is 0.235. The lowest BCUT2D eigenvalue weighted by molar-refractivity contribution is -0.470. The largest absolute Gasteiger partial charge is 1.00 e. The van der Waals surface area contributed by atoms with Gasteiger partial charge in [-0.25, -0.2) is 13.0 Å². The van der Waals surface area contributed by atoms with Gasteiger partial charge in [0.25, 0.3) is 0 Å². The predicted molar refractivity (Wildman–Crippen MR) is 95.9 cm³/mol. The Balaban J connectivity index is 0.00000182. The molecule has 2 heterocycles. The Bertz CT molecular complexity index is 899. The molecule has 0 aromatic heterocycles.